The number of ether oxygens (including phenoxy) is 2. The van der Waals surface area contributed by atoms with E-state index in [9.17, 15) is 9.36 Å². The van der Waals surface area contributed by atoms with E-state index < -0.39 is 25.9 Å². The lowest BCUT2D eigenvalue weighted by molar-refractivity contribution is -0.146. The van der Waals surface area contributed by atoms with Gasteiger partial charge in [-0.15, -0.1) is 0 Å². The Morgan fingerprint density at radius 2 is 1.64 bits per heavy atom. The zero-order valence-electron chi connectivity index (χ0n) is 24.9. The maximum absolute atomic E-state index is 14.3. The van der Waals surface area contributed by atoms with E-state index in [2.05, 4.69) is 10.1 Å². The Morgan fingerprint density at radius 1 is 0.955 bits per heavy atom. The van der Waals surface area contributed by atoms with E-state index in [1.54, 1.807) is 38.1 Å². The maximum atomic E-state index is 14.3. The summed E-state index contributed by atoms with van der Waals surface area (Å²) in [5, 5.41) is 3.63. The number of nitrogens with zero attached hydrogens (tertiary/aromatic N) is 3. The van der Waals surface area contributed by atoms with Crippen LogP contribution in [0, 0.1) is 0 Å². The summed E-state index contributed by atoms with van der Waals surface area (Å²) in [4.78, 5) is 22.1. The van der Waals surface area contributed by atoms with Gasteiger partial charge in [0.2, 0.25) is 0 Å². The van der Waals surface area contributed by atoms with Crippen LogP contribution < -0.4 is 15.3 Å². The van der Waals surface area contributed by atoms with Gasteiger partial charge in [0.15, 0.2) is 5.82 Å². The number of aromatic nitrogens is 3. The maximum Gasteiger partial charge on any atom is 0.459 e. The summed E-state index contributed by atoms with van der Waals surface area (Å²) in [7, 11) is -4.13. The van der Waals surface area contributed by atoms with Gasteiger partial charge < -0.3 is 24.3 Å². The average Bonchev–Trinajstić information content (AvgIpc) is 3.38. The van der Waals surface area contributed by atoms with Crippen molar-refractivity contribution < 1.29 is 27.9 Å². The van der Waals surface area contributed by atoms with Crippen molar-refractivity contribution in [1.29, 1.82) is 0 Å². The van der Waals surface area contributed by atoms with E-state index in [0.29, 0.717) is 29.5 Å². The van der Waals surface area contributed by atoms with Gasteiger partial charge in [-0.05, 0) is 44.5 Å². The zero-order chi connectivity index (χ0) is 31.1. The molecule has 44 heavy (non-hydrogen) atoms. The molecule has 0 bridgehead atoms. The number of nitrogens with one attached hydrogen (secondary N) is 1. The first kappa shape index (κ1) is 31.2. The molecule has 0 spiro atoms. The molecule has 0 amide bonds. The van der Waals surface area contributed by atoms with Crippen LogP contribution in [-0.4, -0.2) is 39.3 Å². The largest absolute Gasteiger partial charge is 0.460 e. The predicted octanol–water partition coefficient (Wildman–Crippen LogP) is 6.02. The number of nitrogen functional groups attached to an aromatic ring is 1. The molecule has 0 aliphatic heterocycles. The van der Waals surface area contributed by atoms with E-state index in [0.717, 1.165) is 22.0 Å². The quantitative estimate of drug-likeness (QED) is 0.112. The number of hydrogen-bond donors (Lipinski definition) is 2. The van der Waals surface area contributed by atoms with Gasteiger partial charge in [0.1, 0.15) is 36.3 Å². The second-order valence-corrected chi connectivity index (χ2v) is 11.9. The Kier molecular flexibility index (Phi) is 9.92. The van der Waals surface area contributed by atoms with Crippen LogP contribution in [0.15, 0.2) is 84.9 Å². The highest BCUT2D eigenvalue weighted by molar-refractivity contribution is 7.52. The fourth-order valence-electron chi connectivity index (χ4n) is 4.77. The first-order valence-corrected chi connectivity index (χ1v) is 15.9. The molecule has 3 atom stereocenters. The number of hydrogen-bond acceptors (Lipinski definition) is 9. The number of anilines is 1. The lowest BCUT2D eigenvalue weighted by Crippen LogP contribution is -2.36. The van der Waals surface area contributed by atoms with E-state index in [4.69, 9.17) is 29.2 Å². The molecule has 5 aromatic rings. The van der Waals surface area contributed by atoms with Crippen molar-refractivity contribution in [3.05, 3.63) is 96.3 Å². The van der Waals surface area contributed by atoms with Crippen LogP contribution in [0.1, 0.15) is 32.2 Å². The first-order valence-electron chi connectivity index (χ1n) is 14.4. The van der Waals surface area contributed by atoms with E-state index in [1.807, 2.05) is 72.2 Å². The SMILES string of the molecule is CCOCc1nc2c(N)nc3ccccc3c2n1C[C@@H](C)O[P@](=O)(N[C@@H](C)C(=O)OCc1ccccc1)Oc1ccccc1. The Hall–Kier alpha value is -4.28. The number of para-hydroxylation sites is 2. The molecule has 2 heterocycles. The van der Waals surface area contributed by atoms with Crippen LogP contribution in [0.25, 0.3) is 21.9 Å². The van der Waals surface area contributed by atoms with Crippen LogP contribution in [0.4, 0.5) is 5.82 Å². The van der Waals surface area contributed by atoms with Crippen molar-refractivity contribution in [3.8, 4) is 5.75 Å². The van der Waals surface area contributed by atoms with Gasteiger partial charge in [0.05, 0.1) is 23.7 Å². The molecule has 0 aliphatic carbocycles. The van der Waals surface area contributed by atoms with Crippen molar-refractivity contribution in [3.63, 3.8) is 0 Å². The summed E-state index contributed by atoms with van der Waals surface area (Å²) in [6.07, 6.45) is -0.685. The molecule has 0 saturated heterocycles. The van der Waals surface area contributed by atoms with Gasteiger partial charge in [-0.2, -0.15) is 5.09 Å². The number of carbonyl (C=O) groups is 1. The Bertz CT molecular complexity index is 1770. The summed E-state index contributed by atoms with van der Waals surface area (Å²) < 4.78 is 39.4. The number of benzene rings is 3. The third-order valence-corrected chi connectivity index (χ3v) is 8.57. The van der Waals surface area contributed by atoms with Crippen LogP contribution in [-0.2, 0) is 43.1 Å². The molecule has 3 N–H and O–H groups in total. The molecular weight excluding hydrogens is 581 g/mol. The monoisotopic (exact) mass is 617 g/mol. The number of nitrogens with two attached hydrogens (primary N) is 1. The lowest BCUT2D eigenvalue weighted by Gasteiger charge is -2.26. The van der Waals surface area contributed by atoms with Crippen molar-refractivity contribution in [2.75, 3.05) is 12.3 Å². The number of fused-ring (bicyclic) bond motifs is 3. The second-order valence-electron chi connectivity index (χ2n) is 10.2. The Morgan fingerprint density at radius 3 is 2.36 bits per heavy atom. The molecule has 0 fully saturated rings. The summed E-state index contributed by atoms with van der Waals surface area (Å²) in [6.45, 7) is 6.24. The molecule has 0 saturated carbocycles. The van der Waals surface area contributed by atoms with E-state index >= 15 is 0 Å². The van der Waals surface area contributed by atoms with Crippen LogP contribution >= 0.6 is 7.75 Å². The van der Waals surface area contributed by atoms with Gasteiger partial charge >= 0.3 is 13.7 Å². The lowest BCUT2D eigenvalue weighted by atomic mass is 10.2. The minimum atomic E-state index is -4.13. The van der Waals surface area contributed by atoms with E-state index in [-0.39, 0.29) is 19.8 Å². The van der Waals surface area contributed by atoms with Gasteiger partial charge in [-0.1, -0.05) is 66.7 Å². The normalized spacial score (nSPS) is 14.2. The fourth-order valence-corrected chi connectivity index (χ4v) is 6.45. The molecule has 230 valence electrons. The number of esters is 1. The van der Waals surface area contributed by atoms with Crippen molar-refractivity contribution in [2.24, 2.45) is 0 Å². The highest BCUT2D eigenvalue weighted by atomic mass is 31.2. The van der Waals surface area contributed by atoms with Gasteiger partial charge in [0, 0.05) is 12.0 Å². The number of carbonyl (C=O) groups excluding carboxylic acids is 1. The summed E-state index contributed by atoms with van der Waals surface area (Å²) in [5.41, 5.74) is 9.18. The zero-order valence-corrected chi connectivity index (χ0v) is 25.8. The summed E-state index contributed by atoms with van der Waals surface area (Å²) in [5.74, 6) is 0.629. The van der Waals surface area contributed by atoms with Gasteiger partial charge in [0.25, 0.3) is 0 Å². The van der Waals surface area contributed by atoms with Gasteiger partial charge in [-0.3, -0.25) is 9.32 Å². The summed E-state index contributed by atoms with van der Waals surface area (Å²) >= 11 is 0. The highest BCUT2D eigenvalue weighted by Crippen LogP contribution is 2.46. The standard InChI is InChI=1S/C32H36N5O6P/c1-4-40-21-28-35-29-30(26-17-11-12-18-27(26)34-31(29)33)37(28)19-22(2)42-44(39,43-25-15-9-6-10-16-25)36-23(3)32(38)41-20-24-13-7-5-8-14-24/h5-18,22-23H,4,19-21H2,1-3H3,(H2,33,34)(H,36,39)/t22-,23+,44-/m1/s1. The predicted molar refractivity (Wildman–Crippen MR) is 169 cm³/mol. The van der Waals surface area contributed by atoms with Crippen LogP contribution in [0.5, 0.6) is 5.75 Å². The topological polar surface area (TPSA) is 140 Å². The minimum absolute atomic E-state index is 0.0784. The molecule has 5 rings (SSSR count). The molecule has 11 nitrogen and oxygen atoms in total. The fraction of sp³-hybridized carbons (Fsp3) is 0.281. The Balaban J connectivity index is 1.41. The molecular formula is C32H36N5O6P. The highest BCUT2D eigenvalue weighted by Gasteiger charge is 2.34. The van der Waals surface area contributed by atoms with Crippen molar-refractivity contribution >= 4 is 41.5 Å². The Labute approximate surface area is 255 Å². The molecule has 0 aliphatic rings. The summed E-state index contributed by atoms with van der Waals surface area (Å²) in [6, 6.07) is 24.6. The second kappa shape index (κ2) is 14.0. The van der Waals surface area contributed by atoms with Crippen LogP contribution in [0.3, 0.4) is 0 Å². The van der Waals surface area contributed by atoms with E-state index in [1.165, 1.54) is 0 Å². The number of pyridine rings is 1. The molecule has 3 aromatic carbocycles. The average molecular weight is 618 g/mol. The molecule has 2 aromatic heterocycles. The van der Waals surface area contributed by atoms with Gasteiger partial charge in [-0.25, -0.2) is 14.5 Å². The van der Waals surface area contributed by atoms with Crippen molar-refractivity contribution in [2.45, 2.75) is 52.7 Å². The number of imidazole rings is 1. The third-order valence-electron chi connectivity index (χ3n) is 6.78. The van der Waals surface area contributed by atoms with Crippen LogP contribution in [0.2, 0.25) is 0 Å². The molecule has 12 heteroatoms. The smallest absolute Gasteiger partial charge is 0.459 e. The molecule has 0 unspecified atom stereocenters. The molecule has 0 radical (unpaired) electrons. The van der Waals surface area contributed by atoms with Crippen molar-refractivity contribution in [1.82, 2.24) is 19.6 Å². The third kappa shape index (κ3) is 7.43. The number of rotatable bonds is 14. The first-order chi connectivity index (χ1) is 21.3. The minimum Gasteiger partial charge on any atom is -0.460 e.